The lowest BCUT2D eigenvalue weighted by Crippen LogP contribution is -2.24. The second-order valence-electron chi connectivity index (χ2n) is 6.76. The monoisotopic (exact) mass is 383 g/mol. The highest BCUT2D eigenvalue weighted by atomic mass is 32.2. The van der Waals surface area contributed by atoms with Crippen molar-refractivity contribution in [1.29, 1.82) is 0 Å². The molecule has 1 saturated carbocycles. The fraction of sp³-hybridized carbons (Fsp3) is 0.364. The number of ether oxygens (including phenoxy) is 1. The SMILES string of the molecule is COc1ccccc1C(=O)CSc1cccc(NC(=O)C2CCCCC2)c1. The van der Waals surface area contributed by atoms with Gasteiger partial charge in [-0.2, -0.15) is 0 Å². The van der Waals surface area contributed by atoms with Gasteiger partial charge in [0.05, 0.1) is 18.4 Å². The van der Waals surface area contributed by atoms with Crippen LogP contribution in [0.2, 0.25) is 0 Å². The Bertz CT molecular complexity index is 800. The van der Waals surface area contributed by atoms with Crippen molar-refractivity contribution >= 4 is 29.1 Å². The van der Waals surface area contributed by atoms with Crippen LogP contribution in [0.1, 0.15) is 42.5 Å². The molecule has 0 saturated heterocycles. The zero-order valence-corrected chi connectivity index (χ0v) is 16.4. The van der Waals surface area contributed by atoms with Crippen molar-refractivity contribution in [3.8, 4) is 5.75 Å². The van der Waals surface area contributed by atoms with E-state index in [0.29, 0.717) is 17.1 Å². The minimum atomic E-state index is 0.0223. The van der Waals surface area contributed by atoms with E-state index in [2.05, 4.69) is 5.32 Å². The maximum Gasteiger partial charge on any atom is 0.227 e. The summed E-state index contributed by atoms with van der Waals surface area (Å²) in [6.45, 7) is 0. The molecule has 142 valence electrons. The highest BCUT2D eigenvalue weighted by Gasteiger charge is 2.21. The molecule has 0 atom stereocenters. The molecular weight excluding hydrogens is 358 g/mol. The Morgan fingerprint density at radius 1 is 1.07 bits per heavy atom. The van der Waals surface area contributed by atoms with Crippen molar-refractivity contribution in [2.45, 2.75) is 37.0 Å². The summed E-state index contributed by atoms with van der Waals surface area (Å²) in [5, 5.41) is 3.03. The average Bonchev–Trinajstić information content (AvgIpc) is 2.73. The molecule has 27 heavy (non-hydrogen) atoms. The first-order valence-corrected chi connectivity index (χ1v) is 10.4. The lowest BCUT2D eigenvalue weighted by atomic mass is 9.88. The minimum Gasteiger partial charge on any atom is -0.496 e. The normalized spacial score (nSPS) is 14.6. The largest absolute Gasteiger partial charge is 0.496 e. The van der Waals surface area contributed by atoms with Crippen LogP contribution in [0, 0.1) is 5.92 Å². The summed E-state index contributed by atoms with van der Waals surface area (Å²) in [5.74, 6) is 1.18. The summed E-state index contributed by atoms with van der Waals surface area (Å²) < 4.78 is 5.26. The van der Waals surface area contributed by atoms with Gasteiger partial charge in [0.1, 0.15) is 5.75 Å². The van der Waals surface area contributed by atoms with Crippen LogP contribution >= 0.6 is 11.8 Å². The van der Waals surface area contributed by atoms with Crippen LogP contribution in [-0.4, -0.2) is 24.6 Å². The number of thioether (sulfide) groups is 1. The molecule has 4 nitrogen and oxygen atoms in total. The summed E-state index contributed by atoms with van der Waals surface area (Å²) in [7, 11) is 1.57. The number of carbonyl (C=O) groups is 2. The van der Waals surface area contributed by atoms with Gasteiger partial charge < -0.3 is 10.1 Å². The first-order chi connectivity index (χ1) is 13.2. The molecule has 0 aliphatic heterocycles. The molecule has 0 aromatic heterocycles. The first-order valence-electron chi connectivity index (χ1n) is 9.37. The number of ketones is 1. The highest BCUT2D eigenvalue weighted by molar-refractivity contribution is 8.00. The van der Waals surface area contributed by atoms with Gasteiger partial charge in [-0.05, 0) is 43.2 Å². The van der Waals surface area contributed by atoms with Gasteiger partial charge >= 0.3 is 0 Å². The van der Waals surface area contributed by atoms with Crippen molar-refractivity contribution in [3.05, 3.63) is 54.1 Å². The number of para-hydroxylation sites is 1. The van der Waals surface area contributed by atoms with Gasteiger partial charge in [-0.3, -0.25) is 9.59 Å². The molecular formula is C22H25NO3S. The van der Waals surface area contributed by atoms with Crippen LogP contribution in [-0.2, 0) is 4.79 Å². The maximum absolute atomic E-state index is 12.5. The van der Waals surface area contributed by atoms with Crippen LogP contribution in [0.5, 0.6) is 5.75 Å². The predicted octanol–water partition coefficient (Wildman–Crippen LogP) is 5.19. The number of benzene rings is 2. The zero-order valence-electron chi connectivity index (χ0n) is 15.6. The number of carbonyl (C=O) groups excluding carboxylic acids is 2. The second-order valence-corrected chi connectivity index (χ2v) is 7.81. The minimum absolute atomic E-state index is 0.0223. The van der Waals surface area contributed by atoms with Crippen LogP contribution in [0.25, 0.3) is 0 Å². The number of amides is 1. The van der Waals surface area contributed by atoms with Crippen LogP contribution in [0.4, 0.5) is 5.69 Å². The van der Waals surface area contributed by atoms with E-state index in [1.54, 1.807) is 19.2 Å². The van der Waals surface area contributed by atoms with Gasteiger partial charge in [0.2, 0.25) is 5.91 Å². The predicted molar refractivity (Wildman–Crippen MR) is 110 cm³/mol. The number of methoxy groups -OCH3 is 1. The molecule has 1 aliphatic carbocycles. The summed E-state index contributed by atoms with van der Waals surface area (Å²) in [4.78, 5) is 25.9. The quantitative estimate of drug-likeness (QED) is 0.528. The average molecular weight is 384 g/mol. The third-order valence-corrected chi connectivity index (χ3v) is 5.85. The van der Waals surface area contributed by atoms with E-state index < -0.39 is 0 Å². The Morgan fingerprint density at radius 3 is 2.63 bits per heavy atom. The molecule has 0 spiro atoms. The summed E-state index contributed by atoms with van der Waals surface area (Å²) >= 11 is 1.46. The van der Waals surface area contributed by atoms with Gasteiger partial charge in [-0.25, -0.2) is 0 Å². The third kappa shape index (κ3) is 5.36. The van der Waals surface area contributed by atoms with Gasteiger partial charge in [0.15, 0.2) is 5.78 Å². The maximum atomic E-state index is 12.5. The van der Waals surface area contributed by atoms with Crippen molar-refractivity contribution in [2.24, 2.45) is 5.92 Å². The van der Waals surface area contributed by atoms with Crippen molar-refractivity contribution in [3.63, 3.8) is 0 Å². The molecule has 1 fully saturated rings. The second kappa shape index (κ2) is 9.60. The molecule has 0 radical (unpaired) electrons. The van der Waals surface area contributed by atoms with Crippen LogP contribution in [0.3, 0.4) is 0 Å². The zero-order chi connectivity index (χ0) is 19.1. The van der Waals surface area contributed by atoms with Gasteiger partial charge in [-0.15, -0.1) is 11.8 Å². The molecule has 1 aliphatic rings. The Balaban J connectivity index is 1.59. The molecule has 3 rings (SSSR count). The van der Waals surface area contributed by atoms with E-state index in [1.165, 1.54) is 18.2 Å². The van der Waals surface area contributed by atoms with E-state index in [4.69, 9.17) is 4.74 Å². The Hall–Kier alpha value is -2.27. The fourth-order valence-electron chi connectivity index (χ4n) is 3.37. The Kier molecular flexibility index (Phi) is 6.93. The van der Waals surface area contributed by atoms with E-state index >= 15 is 0 Å². The molecule has 5 heteroatoms. The van der Waals surface area contributed by atoms with E-state index in [-0.39, 0.29) is 17.6 Å². The van der Waals surface area contributed by atoms with Gasteiger partial charge in [0, 0.05) is 16.5 Å². The lowest BCUT2D eigenvalue weighted by molar-refractivity contribution is -0.120. The number of hydrogen-bond acceptors (Lipinski definition) is 4. The number of nitrogens with one attached hydrogen (secondary N) is 1. The van der Waals surface area contributed by atoms with E-state index in [9.17, 15) is 9.59 Å². The van der Waals surface area contributed by atoms with Gasteiger partial charge in [-0.1, -0.05) is 37.5 Å². The Morgan fingerprint density at radius 2 is 1.85 bits per heavy atom. The standard InChI is InChI=1S/C22H25NO3S/c1-26-21-13-6-5-12-19(21)20(24)15-27-18-11-7-10-17(14-18)23-22(25)16-8-3-2-4-9-16/h5-7,10-14,16H,2-4,8-9,15H2,1H3,(H,23,25). The van der Waals surface area contributed by atoms with Crippen molar-refractivity contribution in [2.75, 3.05) is 18.2 Å². The van der Waals surface area contributed by atoms with E-state index in [1.807, 2.05) is 36.4 Å². The number of hydrogen-bond donors (Lipinski definition) is 1. The molecule has 0 bridgehead atoms. The first kappa shape index (κ1) is 19.5. The van der Waals surface area contributed by atoms with Crippen LogP contribution in [0.15, 0.2) is 53.4 Å². The summed E-state index contributed by atoms with van der Waals surface area (Å²) in [5.41, 5.74) is 1.38. The number of rotatable bonds is 7. The Labute approximate surface area is 164 Å². The van der Waals surface area contributed by atoms with E-state index in [0.717, 1.165) is 36.3 Å². The lowest BCUT2D eigenvalue weighted by Gasteiger charge is -2.20. The van der Waals surface area contributed by atoms with Crippen molar-refractivity contribution in [1.82, 2.24) is 0 Å². The van der Waals surface area contributed by atoms with Crippen LogP contribution < -0.4 is 10.1 Å². The summed E-state index contributed by atoms with van der Waals surface area (Å²) in [6, 6.07) is 14.9. The van der Waals surface area contributed by atoms with Gasteiger partial charge in [0.25, 0.3) is 0 Å². The topological polar surface area (TPSA) is 55.4 Å². The molecule has 1 amide bonds. The molecule has 2 aromatic rings. The summed E-state index contributed by atoms with van der Waals surface area (Å²) in [6.07, 6.45) is 5.47. The smallest absolute Gasteiger partial charge is 0.227 e. The molecule has 0 unspecified atom stereocenters. The number of Topliss-reactive ketones (excluding diaryl/α,β-unsaturated/α-hetero) is 1. The number of anilines is 1. The molecule has 2 aromatic carbocycles. The molecule has 1 N–H and O–H groups in total. The fourth-order valence-corrected chi connectivity index (χ4v) is 4.21. The van der Waals surface area contributed by atoms with Crippen molar-refractivity contribution < 1.29 is 14.3 Å². The third-order valence-electron chi connectivity index (χ3n) is 4.85. The highest BCUT2D eigenvalue weighted by Crippen LogP contribution is 2.27. The molecule has 0 heterocycles.